The number of hydrogen-bond donors (Lipinski definition) is 0. The summed E-state index contributed by atoms with van der Waals surface area (Å²) in [7, 11) is 0. The minimum Gasteiger partial charge on any atom is -0.268 e. The third kappa shape index (κ3) is 2.54. The molecular weight excluding hydrogens is 276 g/mol. The molecular formula is C10H9BrN2OS. The van der Waals surface area contributed by atoms with Gasteiger partial charge in [0.2, 0.25) is 0 Å². The van der Waals surface area contributed by atoms with Gasteiger partial charge in [-0.15, -0.1) is 11.3 Å². The zero-order valence-corrected chi connectivity index (χ0v) is 10.5. The molecule has 0 amide bonds. The van der Waals surface area contributed by atoms with Crippen molar-refractivity contribution in [2.45, 2.75) is 13.5 Å². The van der Waals surface area contributed by atoms with Gasteiger partial charge >= 0.3 is 0 Å². The predicted molar refractivity (Wildman–Crippen MR) is 64.4 cm³/mol. The molecule has 0 aliphatic rings. The van der Waals surface area contributed by atoms with E-state index < -0.39 is 0 Å². The Balaban J connectivity index is 2.28. The van der Waals surface area contributed by atoms with Crippen LogP contribution in [0.4, 0.5) is 0 Å². The molecule has 0 unspecified atom stereocenters. The lowest BCUT2D eigenvalue weighted by Gasteiger charge is -2.01. The summed E-state index contributed by atoms with van der Waals surface area (Å²) in [5.74, 6) is 0. The van der Waals surface area contributed by atoms with Gasteiger partial charge in [-0.1, -0.05) is 0 Å². The molecule has 0 fully saturated rings. The van der Waals surface area contributed by atoms with Gasteiger partial charge in [0.05, 0.1) is 12.7 Å². The first-order valence-electron chi connectivity index (χ1n) is 4.42. The van der Waals surface area contributed by atoms with Crippen LogP contribution in [0.3, 0.4) is 0 Å². The molecule has 0 N–H and O–H groups in total. The van der Waals surface area contributed by atoms with E-state index in [2.05, 4.69) is 21.0 Å². The van der Waals surface area contributed by atoms with Crippen LogP contribution in [0.15, 0.2) is 33.0 Å². The highest BCUT2D eigenvalue weighted by molar-refractivity contribution is 9.10. The second-order valence-electron chi connectivity index (χ2n) is 3.26. The van der Waals surface area contributed by atoms with Gasteiger partial charge in [-0.25, -0.2) is 4.68 Å². The van der Waals surface area contributed by atoms with Crippen molar-refractivity contribution in [1.82, 2.24) is 9.78 Å². The maximum Gasteiger partial charge on any atom is 0.267 e. The SMILES string of the molecule is Cc1cnn(Cc2cc(Br)cs2)c(=O)c1. The molecule has 2 aromatic rings. The second kappa shape index (κ2) is 4.28. The fourth-order valence-corrected chi connectivity index (χ4v) is 2.66. The molecule has 3 nitrogen and oxygen atoms in total. The average Bonchev–Trinajstić information content (AvgIpc) is 2.56. The highest BCUT2D eigenvalue weighted by atomic mass is 79.9. The summed E-state index contributed by atoms with van der Waals surface area (Å²) in [5, 5.41) is 6.07. The minimum atomic E-state index is -0.0560. The van der Waals surface area contributed by atoms with Gasteiger partial charge in [-0.3, -0.25) is 4.79 Å². The lowest BCUT2D eigenvalue weighted by Crippen LogP contribution is -2.22. The molecule has 2 rings (SSSR count). The normalized spacial score (nSPS) is 10.5. The van der Waals surface area contributed by atoms with Crippen molar-refractivity contribution < 1.29 is 0 Å². The van der Waals surface area contributed by atoms with Crippen LogP contribution in [0.5, 0.6) is 0 Å². The third-order valence-corrected chi connectivity index (χ3v) is 3.62. The van der Waals surface area contributed by atoms with Gasteiger partial charge in [-0.2, -0.15) is 5.10 Å². The molecule has 5 heteroatoms. The molecule has 15 heavy (non-hydrogen) atoms. The fourth-order valence-electron chi connectivity index (χ4n) is 1.23. The Labute approximate surface area is 99.5 Å². The van der Waals surface area contributed by atoms with Gasteiger partial charge in [0.15, 0.2) is 0 Å². The summed E-state index contributed by atoms with van der Waals surface area (Å²) < 4.78 is 2.51. The summed E-state index contributed by atoms with van der Waals surface area (Å²) in [6, 6.07) is 3.59. The summed E-state index contributed by atoms with van der Waals surface area (Å²) in [5.41, 5.74) is 0.836. The first-order valence-corrected chi connectivity index (χ1v) is 6.09. The van der Waals surface area contributed by atoms with E-state index in [0.717, 1.165) is 14.9 Å². The Hall–Kier alpha value is -0.940. The maximum atomic E-state index is 11.5. The highest BCUT2D eigenvalue weighted by Gasteiger charge is 2.01. The standard InChI is InChI=1S/C10H9BrN2OS/c1-7-2-10(14)13(12-4-7)5-9-3-8(11)6-15-9/h2-4,6H,5H2,1H3. The molecule has 0 radical (unpaired) electrons. The number of thiophene rings is 1. The number of aryl methyl sites for hydroxylation is 1. The number of aromatic nitrogens is 2. The first-order chi connectivity index (χ1) is 7.15. The molecule has 0 spiro atoms. The molecule has 0 atom stereocenters. The summed E-state index contributed by atoms with van der Waals surface area (Å²) in [6.45, 7) is 2.40. The zero-order chi connectivity index (χ0) is 10.8. The van der Waals surface area contributed by atoms with E-state index in [0.29, 0.717) is 6.54 Å². The van der Waals surface area contributed by atoms with Crippen LogP contribution in [0.25, 0.3) is 0 Å². The second-order valence-corrected chi connectivity index (χ2v) is 5.17. The number of nitrogens with zero attached hydrogens (tertiary/aromatic N) is 2. The summed E-state index contributed by atoms with van der Waals surface area (Å²) >= 11 is 4.99. The van der Waals surface area contributed by atoms with Crippen molar-refractivity contribution in [3.63, 3.8) is 0 Å². The van der Waals surface area contributed by atoms with Gasteiger partial charge in [0.1, 0.15) is 0 Å². The molecule has 2 heterocycles. The van der Waals surface area contributed by atoms with Crippen LogP contribution in [0.2, 0.25) is 0 Å². The van der Waals surface area contributed by atoms with Gasteiger partial charge in [0, 0.05) is 20.8 Å². The fraction of sp³-hybridized carbons (Fsp3) is 0.200. The number of rotatable bonds is 2. The Kier molecular flexibility index (Phi) is 3.02. The van der Waals surface area contributed by atoms with E-state index in [4.69, 9.17) is 0 Å². The van der Waals surface area contributed by atoms with E-state index in [1.165, 1.54) is 4.68 Å². The van der Waals surface area contributed by atoms with Gasteiger partial charge in [0.25, 0.3) is 5.56 Å². The molecule has 0 aliphatic heterocycles. The quantitative estimate of drug-likeness (QED) is 0.849. The van der Waals surface area contributed by atoms with Crippen molar-refractivity contribution in [2.24, 2.45) is 0 Å². The molecule has 0 aliphatic carbocycles. The monoisotopic (exact) mass is 284 g/mol. The molecule has 2 aromatic heterocycles. The molecule has 0 saturated carbocycles. The van der Waals surface area contributed by atoms with Crippen LogP contribution in [0.1, 0.15) is 10.4 Å². The van der Waals surface area contributed by atoms with Crippen LogP contribution < -0.4 is 5.56 Å². The zero-order valence-electron chi connectivity index (χ0n) is 8.11. The van der Waals surface area contributed by atoms with Crippen molar-refractivity contribution in [3.8, 4) is 0 Å². The first kappa shape index (κ1) is 10.6. The van der Waals surface area contributed by atoms with Gasteiger partial charge < -0.3 is 0 Å². The Morgan fingerprint density at radius 2 is 2.33 bits per heavy atom. The topological polar surface area (TPSA) is 34.9 Å². The lowest BCUT2D eigenvalue weighted by atomic mass is 10.3. The van der Waals surface area contributed by atoms with E-state index in [-0.39, 0.29) is 5.56 Å². The summed E-state index contributed by atoms with van der Waals surface area (Å²) in [4.78, 5) is 12.7. The highest BCUT2D eigenvalue weighted by Crippen LogP contribution is 2.19. The van der Waals surface area contributed by atoms with E-state index in [1.54, 1.807) is 23.6 Å². The van der Waals surface area contributed by atoms with E-state index >= 15 is 0 Å². The largest absolute Gasteiger partial charge is 0.268 e. The Morgan fingerprint density at radius 3 is 2.93 bits per heavy atom. The van der Waals surface area contributed by atoms with Crippen molar-refractivity contribution in [1.29, 1.82) is 0 Å². The van der Waals surface area contributed by atoms with Crippen LogP contribution in [-0.4, -0.2) is 9.78 Å². The lowest BCUT2D eigenvalue weighted by molar-refractivity contribution is 0.642. The molecule has 78 valence electrons. The summed E-state index contributed by atoms with van der Waals surface area (Å²) in [6.07, 6.45) is 1.70. The van der Waals surface area contributed by atoms with E-state index in [1.807, 2.05) is 18.4 Å². The van der Waals surface area contributed by atoms with Crippen molar-refractivity contribution in [3.05, 3.63) is 49.0 Å². The third-order valence-electron chi connectivity index (χ3n) is 1.93. The van der Waals surface area contributed by atoms with Crippen molar-refractivity contribution in [2.75, 3.05) is 0 Å². The van der Waals surface area contributed by atoms with Crippen LogP contribution >= 0.6 is 27.3 Å². The maximum absolute atomic E-state index is 11.5. The van der Waals surface area contributed by atoms with Crippen LogP contribution in [-0.2, 0) is 6.54 Å². The van der Waals surface area contributed by atoms with Crippen LogP contribution in [0, 0.1) is 6.92 Å². The number of hydrogen-bond acceptors (Lipinski definition) is 3. The van der Waals surface area contributed by atoms with Crippen molar-refractivity contribution >= 4 is 27.3 Å². The Bertz CT molecular complexity index is 532. The predicted octanol–water partition coefficient (Wildman–Crippen LogP) is 2.42. The minimum absolute atomic E-state index is 0.0560. The smallest absolute Gasteiger partial charge is 0.267 e. The number of halogens is 1. The molecule has 0 aromatic carbocycles. The Morgan fingerprint density at radius 1 is 1.53 bits per heavy atom. The molecule has 0 bridgehead atoms. The van der Waals surface area contributed by atoms with E-state index in [9.17, 15) is 4.79 Å². The van der Waals surface area contributed by atoms with Gasteiger partial charge in [-0.05, 0) is 34.5 Å². The molecule has 0 saturated heterocycles. The average molecular weight is 285 g/mol.